The summed E-state index contributed by atoms with van der Waals surface area (Å²) >= 11 is 0. The van der Waals surface area contributed by atoms with Gasteiger partial charge in [0.2, 0.25) is 5.91 Å². The molecule has 3 nitrogen and oxygen atoms in total. The van der Waals surface area contributed by atoms with E-state index in [0.29, 0.717) is 18.9 Å². The molecule has 2 rings (SSSR count). The first-order valence-corrected chi connectivity index (χ1v) is 7.94. The fourth-order valence-corrected chi connectivity index (χ4v) is 3.18. The van der Waals surface area contributed by atoms with Crippen molar-refractivity contribution in [2.45, 2.75) is 45.4 Å². The van der Waals surface area contributed by atoms with Crippen molar-refractivity contribution in [2.75, 3.05) is 19.8 Å². The summed E-state index contributed by atoms with van der Waals surface area (Å²) in [6.07, 6.45) is 2.54. The predicted octanol–water partition coefficient (Wildman–Crippen LogP) is 3.21. The van der Waals surface area contributed by atoms with E-state index in [2.05, 4.69) is 50.4 Å². The maximum Gasteiger partial charge on any atom is 0.220 e. The van der Waals surface area contributed by atoms with Crippen LogP contribution in [0.5, 0.6) is 0 Å². The highest BCUT2D eigenvalue weighted by atomic mass is 16.5. The Morgan fingerprint density at radius 2 is 1.95 bits per heavy atom. The Hall–Kier alpha value is -1.35. The lowest BCUT2D eigenvalue weighted by molar-refractivity contribution is -0.122. The Kier molecular flexibility index (Phi) is 5.40. The van der Waals surface area contributed by atoms with Gasteiger partial charge in [-0.3, -0.25) is 4.79 Å². The van der Waals surface area contributed by atoms with Crippen LogP contribution in [0.15, 0.2) is 24.3 Å². The lowest BCUT2D eigenvalue weighted by Crippen LogP contribution is -2.45. The molecule has 3 heteroatoms. The van der Waals surface area contributed by atoms with Gasteiger partial charge in [0.25, 0.3) is 0 Å². The highest BCUT2D eigenvalue weighted by Crippen LogP contribution is 2.36. The van der Waals surface area contributed by atoms with Gasteiger partial charge >= 0.3 is 0 Å². The van der Waals surface area contributed by atoms with Crippen LogP contribution in [0.2, 0.25) is 0 Å². The second-order valence-electron chi connectivity index (χ2n) is 6.58. The van der Waals surface area contributed by atoms with Gasteiger partial charge < -0.3 is 10.1 Å². The van der Waals surface area contributed by atoms with Crippen LogP contribution in [-0.2, 0) is 14.9 Å². The number of amides is 1. The average molecular weight is 289 g/mol. The van der Waals surface area contributed by atoms with Gasteiger partial charge in [0.1, 0.15) is 0 Å². The Morgan fingerprint density at radius 1 is 1.29 bits per heavy atom. The number of carbonyl (C=O) groups is 1. The lowest BCUT2D eigenvalue weighted by Gasteiger charge is -2.39. The van der Waals surface area contributed by atoms with E-state index in [-0.39, 0.29) is 11.3 Å². The molecule has 0 atom stereocenters. The average Bonchev–Trinajstić information content (AvgIpc) is 2.46. The predicted molar refractivity (Wildman–Crippen MR) is 85.4 cm³/mol. The summed E-state index contributed by atoms with van der Waals surface area (Å²) in [6, 6.07) is 8.52. The van der Waals surface area contributed by atoms with Crippen LogP contribution < -0.4 is 5.32 Å². The van der Waals surface area contributed by atoms with Crippen LogP contribution in [0.3, 0.4) is 0 Å². The van der Waals surface area contributed by atoms with Crippen molar-refractivity contribution in [3.8, 4) is 0 Å². The zero-order valence-corrected chi connectivity index (χ0v) is 13.4. The quantitative estimate of drug-likeness (QED) is 0.904. The second kappa shape index (κ2) is 7.08. The molecular weight excluding hydrogens is 262 g/mol. The summed E-state index contributed by atoms with van der Waals surface area (Å²) < 4.78 is 5.54. The van der Waals surface area contributed by atoms with E-state index < -0.39 is 0 Å². The minimum atomic E-state index is 0.0240. The van der Waals surface area contributed by atoms with Gasteiger partial charge in [0, 0.05) is 31.6 Å². The molecule has 0 aromatic heterocycles. The van der Waals surface area contributed by atoms with E-state index in [1.807, 2.05) is 0 Å². The standard InChI is InChI=1S/C18H27NO2/c1-14(2)12-17(20)19-13-18(8-10-21-11-9-18)16-7-5-4-6-15(16)3/h4-7,14H,8-13H2,1-3H3,(H,19,20). The molecule has 0 unspecified atom stereocenters. The van der Waals surface area contributed by atoms with Crippen molar-refractivity contribution >= 4 is 5.91 Å². The van der Waals surface area contributed by atoms with Crippen LogP contribution in [0, 0.1) is 12.8 Å². The number of aryl methyl sites for hydroxylation is 1. The van der Waals surface area contributed by atoms with Crippen LogP contribution in [0.4, 0.5) is 0 Å². The second-order valence-corrected chi connectivity index (χ2v) is 6.58. The largest absolute Gasteiger partial charge is 0.381 e. The van der Waals surface area contributed by atoms with E-state index in [1.165, 1.54) is 11.1 Å². The topological polar surface area (TPSA) is 38.3 Å². The molecule has 1 amide bonds. The Balaban J connectivity index is 2.14. The molecule has 1 fully saturated rings. The van der Waals surface area contributed by atoms with E-state index >= 15 is 0 Å². The van der Waals surface area contributed by atoms with Gasteiger partial charge in [0.05, 0.1) is 0 Å². The number of hydrogen-bond donors (Lipinski definition) is 1. The highest BCUT2D eigenvalue weighted by Gasteiger charge is 2.35. The summed E-state index contributed by atoms with van der Waals surface area (Å²) in [4.78, 5) is 12.0. The molecule has 1 aliphatic heterocycles. The summed E-state index contributed by atoms with van der Waals surface area (Å²) in [5, 5.41) is 3.16. The SMILES string of the molecule is Cc1ccccc1C1(CNC(=O)CC(C)C)CCOCC1. The van der Waals surface area contributed by atoms with E-state index in [9.17, 15) is 4.79 Å². The molecule has 1 aromatic rings. The summed E-state index contributed by atoms with van der Waals surface area (Å²) in [5.41, 5.74) is 2.69. The van der Waals surface area contributed by atoms with Gasteiger partial charge in [-0.25, -0.2) is 0 Å². The third kappa shape index (κ3) is 4.07. The van der Waals surface area contributed by atoms with E-state index in [1.54, 1.807) is 0 Å². The number of rotatable bonds is 5. The molecule has 0 aliphatic carbocycles. The lowest BCUT2D eigenvalue weighted by atomic mass is 9.72. The van der Waals surface area contributed by atoms with E-state index in [4.69, 9.17) is 4.74 Å². The smallest absolute Gasteiger partial charge is 0.220 e. The molecule has 0 saturated carbocycles. The van der Waals surface area contributed by atoms with Crippen molar-refractivity contribution in [1.82, 2.24) is 5.32 Å². The summed E-state index contributed by atoms with van der Waals surface area (Å²) in [7, 11) is 0. The normalized spacial score (nSPS) is 17.7. The first kappa shape index (κ1) is 16.0. The first-order valence-electron chi connectivity index (χ1n) is 7.94. The summed E-state index contributed by atoms with van der Waals surface area (Å²) in [6.45, 7) is 8.56. The Labute approximate surface area is 128 Å². The molecule has 0 radical (unpaired) electrons. The number of hydrogen-bond acceptors (Lipinski definition) is 2. The summed E-state index contributed by atoms with van der Waals surface area (Å²) in [5.74, 6) is 0.554. The molecular formula is C18H27NO2. The molecule has 1 aromatic carbocycles. The molecule has 1 aliphatic rings. The van der Waals surface area contributed by atoms with Gasteiger partial charge in [0.15, 0.2) is 0 Å². The molecule has 0 bridgehead atoms. The maximum absolute atomic E-state index is 12.0. The van der Waals surface area contributed by atoms with Gasteiger partial charge in [-0.15, -0.1) is 0 Å². The van der Waals surface area contributed by atoms with Crippen molar-refractivity contribution < 1.29 is 9.53 Å². The van der Waals surface area contributed by atoms with Gasteiger partial charge in [-0.05, 0) is 36.8 Å². The minimum Gasteiger partial charge on any atom is -0.381 e. The number of ether oxygens (including phenoxy) is 1. The van der Waals surface area contributed by atoms with Gasteiger partial charge in [-0.2, -0.15) is 0 Å². The van der Waals surface area contributed by atoms with Crippen LogP contribution in [-0.4, -0.2) is 25.7 Å². The zero-order valence-electron chi connectivity index (χ0n) is 13.4. The molecule has 1 heterocycles. The van der Waals surface area contributed by atoms with Gasteiger partial charge in [-0.1, -0.05) is 38.1 Å². The number of benzene rings is 1. The zero-order chi connectivity index (χ0) is 15.3. The van der Waals surface area contributed by atoms with Crippen LogP contribution >= 0.6 is 0 Å². The molecule has 0 spiro atoms. The Morgan fingerprint density at radius 3 is 2.57 bits per heavy atom. The fourth-order valence-electron chi connectivity index (χ4n) is 3.18. The monoisotopic (exact) mass is 289 g/mol. The third-order valence-electron chi connectivity index (χ3n) is 4.38. The van der Waals surface area contributed by atoms with Crippen molar-refractivity contribution in [3.63, 3.8) is 0 Å². The van der Waals surface area contributed by atoms with Crippen molar-refractivity contribution in [1.29, 1.82) is 0 Å². The molecule has 116 valence electrons. The molecule has 1 N–H and O–H groups in total. The highest BCUT2D eigenvalue weighted by molar-refractivity contribution is 5.76. The number of nitrogens with one attached hydrogen (secondary N) is 1. The maximum atomic E-state index is 12.0. The first-order chi connectivity index (χ1) is 10.0. The van der Waals surface area contributed by atoms with Crippen LogP contribution in [0.1, 0.15) is 44.2 Å². The third-order valence-corrected chi connectivity index (χ3v) is 4.38. The Bertz CT molecular complexity index is 476. The number of carbonyl (C=O) groups excluding carboxylic acids is 1. The fraction of sp³-hybridized carbons (Fsp3) is 0.611. The minimum absolute atomic E-state index is 0.0240. The van der Waals surface area contributed by atoms with E-state index in [0.717, 1.165) is 26.1 Å². The molecule has 21 heavy (non-hydrogen) atoms. The van der Waals surface area contributed by atoms with Crippen LogP contribution in [0.25, 0.3) is 0 Å². The molecule has 1 saturated heterocycles. The van der Waals surface area contributed by atoms with Crippen molar-refractivity contribution in [3.05, 3.63) is 35.4 Å². The van der Waals surface area contributed by atoms with Crippen molar-refractivity contribution in [2.24, 2.45) is 5.92 Å².